The number of hydrogen-bond donors (Lipinski definition) is 2. The third-order valence-corrected chi connectivity index (χ3v) is 11.5. The molecule has 0 aliphatic rings. The normalized spacial score (nSPS) is 12.2. The number of methoxy groups -OCH3 is 1. The number of carbonyl (C=O) groups excluding carboxylic acids is 1. The van der Waals surface area contributed by atoms with Gasteiger partial charge in [-0.15, -0.1) is 0 Å². The standard InChI is InChI=1S/C53H44N4O2/c1-59-49(58)38-46(39-23-9-2-10-24-39)47-37-48(55-52(40-25-11-3-12-26-40,41-27-13-4-14-28-41)42-29-15-5-16-30-42)54-51-50(47)56-57(51)53(43-31-17-6-18-32-43,44-33-19-7-20-34-44)45-35-21-8-22-36-45/h2-37,46,56H,38H2,1H3,(H,54,55)/t46-/m1/s1. The van der Waals surface area contributed by atoms with Crippen molar-refractivity contribution in [3.63, 3.8) is 0 Å². The lowest BCUT2D eigenvalue weighted by Gasteiger charge is -2.41. The van der Waals surface area contributed by atoms with Gasteiger partial charge in [-0.3, -0.25) is 9.89 Å². The van der Waals surface area contributed by atoms with Gasteiger partial charge < -0.3 is 10.1 Å². The molecule has 0 saturated carbocycles. The number of fused-ring (bicyclic) bond motifs is 1. The molecule has 7 aromatic carbocycles. The van der Waals surface area contributed by atoms with Crippen molar-refractivity contribution in [3.05, 3.63) is 263 Å². The molecule has 2 N–H and O–H groups in total. The first-order chi connectivity index (χ1) is 29.1. The largest absolute Gasteiger partial charge is 0.469 e. The fourth-order valence-electron chi connectivity index (χ4n) is 8.76. The molecule has 0 radical (unpaired) electrons. The smallest absolute Gasteiger partial charge is 0.306 e. The van der Waals surface area contributed by atoms with Crippen molar-refractivity contribution in [1.29, 1.82) is 0 Å². The minimum Gasteiger partial charge on any atom is -0.469 e. The molecule has 0 aliphatic heterocycles. The maximum Gasteiger partial charge on any atom is 0.306 e. The highest BCUT2D eigenvalue weighted by molar-refractivity contribution is 5.84. The molecule has 288 valence electrons. The summed E-state index contributed by atoms with van der Waals surface area (Å²) < 4.78 is 7.54. The van der Waals surface area contributed by atoms with Crippen LogP contribution in [-0.4, -0.2) is 27.8 Å². The van der Waals surface area contributed by atoms with E-state index in [9.17, 15) is 4.79 Å². The van der Waals surface area contributed by atoms with Gasteiger partial charge in [-0.2, -0.15) is 0 Å². The number of pyridine rings is 1. The summed E-state index contributed by atoms with van der Waals surface area (Å²) >= 11 is 0. The van der Waals surface area contributed by atoms with Crippen LogP contribution in [0.2, 0.25) is 0 Å². The molecule has 6 nitrogen and oxygen atoms in total. The molecule has 0 unspecified atom stereocenters. The number of anilines is 1. The highest BCUT2D eigenvalue weighted by Gasteiger charge is 2.43. The molecule has 2 heterocycles. The third kappa shape index (κ3) is 6.68. The van der Waals surface area contributed by atoms with E-state index in [0.717, 1.165) is 55.7 Å². The Hall–Kier alpha value is -7.44. The van der Waals surface area contributed by atoms with Crippen LogP contribution in [0.1, 0.15) is 56.8 Å². The van der Waals surface area contributed by atoms with Gasteiger partial charge in [0.1, 0.15) is 22.4 Å². The first-order valence-electron chi connectivity index (χ1n) is 20.0. The Labute approximate surface area is 344 Å². The molecular formula is C53H44N4O2. The number of nitrogens with one attached hydrogen (secondary N) is 2. The Kier molecular flexibility index (Phi) is 10.2. The number of nitrogens with zero attached hydrogens (tertiary/aromatic N) is 2. The summed E-state index contributed by atoms with van der Waals surface area (Å²) in [5, 5.41) is 7.91. The Balaban J connectivity index is 1.38. The Morgan fingerprint density at radius 3 is 1.34 bits per heavy atom. The number of esters is 1. The van der Waals surface area contributed by atoms with Gasteiger partial charge >= 0.3 is 5.97 Å². The molecule has 1 atom stereocenters. The van der Waals surface area contributed by atoms with Gasteiger partial charge in [0.2, 0.25) is 0 Å². The van der Waals surface area contributed by atoms with Crippen molar-refractivity contribution < 1.29 is 9.53 Å². The molecular weight excluding hydrogens is 725 g/mol. The van der Waals surface area contributed by atoms with Crippen molar-refractivity contribution in [1.82, 2.24) is 14.8 Å². The van der Waals surface area contributed by atoms with Crippen LogP contribution in [0, 0.1) is 0 Å². The van der Waals surface area contributed by atoms with Crippen LogP contribution in [-0.2, 0) is 20.6 Å². The van der Waals surface area contributed by atoms with Gasteiger partial charge in [0, 0.05) is 5.92 Å². The van der Waals surface area contributed by atoms with E-state index in [1.54, 1.807) is 0 Å². The van der Waals surface area contributed by atoms with Crippen LogP contribution < -0.4 is 5.32 Å². The van der Waals surface area contributed by atoms with Gasteiger partial charge in [-0.1, -0.05) is 212 Å². The van der Waals surface area contributed by atoms with Crippen LogP contribution in [0.15, 0.2) is 218 Å². The van der Waals surface area contributed by atoms with Crippen molar-refractivity contribution in [2.75, 3.05) is 12.4 Å². The lowest BCUT2D eigenvalue weighted by molar-refractivity contribution is -0.140. The minimum absolute atomic E-state index is 0.139. The van der Waals surface area contributed by atoms with E-state index in [0.29, 0.717) is 5.82 Å². The van der Waals surface area contributed by atoms with Crippen LogP contribution in [0.5, 0.6) is 0 Å². The van der Waals surface area contributed by atoms with E-state index < -0.39 is 11.1 Å². The number of H-pyrrole nitrogens is 1. The quantitative estimate of drug-likeness (QED) is 0.0905. The molecule has 9 rings (SSSR count). The van der Waals surface area contributed by atoms with Crippen molar-refractivity contribution >= 4 is 23.0 Å². The second-order valence-corrected chi connectivity index (χ2v) is 14.8. The molecule has 0 saturated heterocycles. The van der Waals surface area contributed by atoms with Gasteiger partial charge in [0.25, 0.3) is 0 Å². The molecule has 0 bridgehead atoms. The van der Waals surface area contributed by atoms with E-state index in [4.69, 9.17) is 9.72 Å². The zero-order valence-corrected chi connectivity index (χ0v) is 32.8. The second-order valence-electron chi connectivity index (χ2n) is 14.8. The van der Waals surface area contributed by atoms with Crippen LogP contribution in [0.25, 0.3) is 11.2 Å². The molecule has 0 spiro atoms. The lowest BCUT2D eigenvalue weighted by atomic mass is 9.76. The third-order valence-electron chi connectivity index (χ3n) is 11.5. The van der Waals surface area contributed by atoms with Crippen molar-refractivity contribution in [3.8, 4) is 0 Å². The molecule has 6 heteroatoms. The number of aromatic nitrogens is 3. The van der Waals surface area contributed by atoms with Crippen LogP contribution in [0.4, 0.5) is 5.82 Å². The van der Waals surface area contributed by atoms with Crippen molar-refractivity contribution in [2.24, 2.45) is 0 Å². The molecule has 9 aromatic rings. The average molecular weight is 769 g/mol. The number of rotatable bonds is 13. The molecule has 0 aliphatic carbocycles. The fraction of sp³-hybridized carbons (Fsp3) is 0.0943. The van der Waals surface area contributed by atoms with E-state index in [1.165, 1.54) is 7.11 Å². The Morgan fingerprint density at radius 2 is 0.949 bits per heavy atom. The molecule has 2 aromatic heterocycles. The summed E-state index contributed by atoms with van der Waals surface area (Å²) in [5.74, 6) is -0.0000427. The fourth-order valence-corrected chi connectivity index (χ4v) is 8.76. The SMILES string of the molecule is COC(=O)C[C@H](c1ccccc1)c1cc(NC(c2ccccc2)(c2ccccc2)c2ccccc2)nc2c1[nH]n2C(c1ccccc1)(c1ccccc1)c1ccccc1. The summed E-state index contributed by atoms with van der Waals surface area (Å²) in [4.78, 5) is 19.0. The summed E-state index contributed by atoms with van der Waals surface area (Å²) in [5.41, 5.74) is 8.19. The summed E-state index contributed by atoms with van der Waals surface area (Å²) in [6.07, 6.45) is 0.139. The van der Waals surface area contributed by atoms with Crippen LogP contribution in [0.3, 0.4) is 0 Å². The number of aromatic amines is 1. The number of hydrogen-bond acceptors (Lipinski definition) is 4. The van der Waals surface area contributed by atoms with Gasteiger partial charge in [-0.05, 0) is 50.6 Å². The summed E-state index contributed by atoms with van der Waals surface area (Å²) in [7, 11) is 1.45. The summed E-state index contributed by atoms with van der Waals surface area (Å²) in [6.45, 7) is 0. The van der Waals surface area contributed by atoms with E-state index in [2.05, 4.69) is 179 Å². The van der Waals surface area contributed by atoms with E-state index in [1.807, 2.05) is 54.6 Å². The van der Waals surface area contributed by atoms with Gasteiger partial charge in [0.15, 0.2) is 5.65 Å². The first kappa shape index (κ1) is 37.2. The highest BCUT2D eigenvalue weighted by atomic mass is 16.5. The average Bonchev–Trinajstić information content (AvgIpc) is 3.31. The highest BCUT2D eigenvalue weighted by Crippen LogP contribution is 2.46. The predicted octanol–water partition coefficient (Wildman–Crippen LogP) is 11.3. The molecule has 59 heavy (non-hydrogen) atoms. The number of carbonyl (C=O) groups is 1. The zero-order valence-electron chi connectivity index (χ0n) is 32.8. The lowest BCUT2D eigenvalue weighted by Crippen LogP contribution is -2.42. The molecule has 0 amide bonds. The number of benzene rings is 7. The van der Waals surface area contributed by atoms with Gasteiger partial charge in [-0.25, -0.2) is 9.67 Å². The van der Waals surface area contributed by atoms with Gasteiger partial charge in [0.05, 0.1) is 13.5 Å². The second kappa shape index (κ2) is 16.2. The topological polar surface area (TPSA) is 71.9 Å². The monoisotopic (exact) mass is 768 g/mol. The zero-order chi connectivity index (χ0) is 40.1. The first-order valence-corrected chi connectivity index (χ1v) is 20.0. The van der Waals surface area contributed by atoms with E-state index in [-0.39, 0.29) is 18.3 Å². The maximum atomic E-state index is 13.3. The minimum atomic E-state index is -0.857. The van der Waals surface area contributed by atoms with E-state index >= 15 is 0 Å². The Bertz CT molecular complexity index is 2560. The Morgan fingerprint density at radius 1 is 0.576 bits per heavy atom. The predicted molar refractivity (Wildman–Crippen MR) is 236 cm³/mol. The maximum absolute atomic E-state index is 13.3. The number of ether oxygens (including phenoxy) is 1. The summed E-state index contributed by atoms with van der Waals surface area (Å²) in [6, 6.07) is 75.6. The molecule has 0 fully saturated rings. The van der Waals surface area contributed by atoms with Crippen LogP contribution >= 0.6 is 0 Å². The van der Waals surface area contributed by atoms with Crippen molar-refractivity contribution in [2.45, 2.75) is 23.4 Å².